The fraction of sp³-hybridized carbons (Fsp3) is 0.667. The maximum Gasteiger partial charge on any atom is 0.191 e. The van der Waals surface area contributed by atoms with Crippen molar-refractivity contribution in [1.29, 1.82) is 0 Å². The zero-order chi connectivity index (χ0) is 19.5. The normalized spacial score (nSPS) is 17.0. The Balaban J connectivity index is 1.85. The molecular weight excluding hydrogens is 340 g/mol. The smallest absolute Gasteiger partial charge is 0.191 e. The van der Waals surface area contributed by atoms with Crippen molar-refractivity contribution in [2.75, 3.05) is 39.3 Å². The summed E-state index contributed by atoms with van der Waals surface area (Å²) in [5.41, 5.74) is 0.820. The monoisotopic (exact) mass is 376 g/mol. The van der Waals surface area contributed by atoms with Gasteiger partial charge in [0.1, 0.15) is 5.75 Å². The highest BCUT2D eigenvalue weighted by Gasteiger charge is 2.11. The first kappa shape index (κ1) is 21.5. The average molecular weight is 377 g/mol. The van der Waals surface area contributed by atoms with E-state index in [1.54, 1.807) is 0 Å². The van der Waals surface area contributed by atoms with Gasteiger partial charge in [-0.15, -0.1) is 0 Å². The molecule has 0 spiro atoms. The van der Waals surface area contributed by atoms with Gasteiger partial charge in [0.2, 0.25) is 0 Å². The number of aliphatic hydroxyl groups excluding tert-OH is 1. The van der Waals surface area contributed by atoms with E-state index in [-0.39, 0.29) is 6.10 Å². The van der Waals surface area contributed by atoms with Crippen LogP contribution in [-0.4, -0.2) is 61.3 Å². The molecule has 1 atom stereocenters. The highest BCUT2D eigenvalue weighted by Crippen LogP contribution is 2.20. The van der Waals surface area contributed by atoms with Crippen molar-refractivity contribution in [3.63, 3.8) is 0 Å². The summed E-state index contributed by atoms with van der Waals surface area (Å²) < 4.78 is 5.70. The first-order chi connectivity index (χ1) is 13.1. The Bertz CT molecular complexity index is 571. The lowest BCUT2D eigenvalue weighted by atomic mass is 10.1. The summed E-state index contributed by atoms with van der Waals surface area (Å²) in [4.78, 5) is 7.04. The lowest BCUT2D eigenvalue weighted by Gasteiger charge is -2.26. The second kappa shape index (κ2) is 11.8. The molecule has 1 aromatic carbocycles. The van der Waals surface area contributed by atoms with Gasteiger partial charge in [-0.3, -0.25) is 4.99 Å². The Morgan fingerprint density at radius 1 is 1.22 bits per heavy atom. The van der Waals surface area contributed by atoms with Crippen molar-refractivity contribution in [3.05, 3.63) is 29.8 Å². The molecule has 0 aromatic heterocycles. The minimum atomic E-state index is -0.654. The molecule has 0 radical (unpaired) electrons. The number of likely N-dealkylation sites (tertiary alicyclic amines) is 1. The van der Waals surface area contributed by atoms with Crippen LogP contribution in [0.25, 0.3) is 0 Å². The van der Waals surface area contributed by atoms with Crippen molar-refractivity contribution in [1.82, 2.24) is 15.5 Å². The third-order valence-electron chi connectivity index (χ3n) is 4.55. The predicted molar refractivity (Wildman–Crippen MR) is 111 cm³/mol. The van der Waals surface area contributed by atoms with Gasteiger partial charge in [0, 0.05) is 19.6 Å². The fourth-order valence-corrected chi connectivity index (χ4v) is 3.21. The summed E-state index contributed by atoms with van der Waals surface area (Å²) in [6, 6.07) is 7.61. The quantitative estimate of drug-likeness (QED) is 0.456. The van der Waals surface area contributed by atoms with Crippen LogP contribution in [0.4, 0.5) is 0 Å². The van der Waals surface area contributed by atoms with E-state index in [0.717, 1.165) is 36.9 Å². The highest BCUT2D eigenvalue weighted by molar-refractivity contribution is 5.79. The van der Waals surface area contributed by atoms with E-state index in [2.05, 4.69) is 20.5 Å². The van der Waals surface area contributed by atoms with Gasteiger partial charge in [-0.2, -0.15) is 0 Å². The van der Waals surface area contributed by atoms with E-state index in [0.29, 0.717) is 6.54 Å². The Kier molecular flexibility index (Phi) is 9.42. The second-order valence-corrected chi connectivity index (χ2v) is 7.30. The lowest BCUT2D eigenvalue weighted by Crippen LogP contribution is -2.42. The van der Waals surface area contributed by atoms with Crippen LogP contribution >= 0.6 is 0 Å². The Hall–Kier alpha value is -1.79. The van der Waals surface area contributed by atoms with Gasteiger partial charge in [0.15, 0.2) is 5.96 Å². The van der Waals surface area contributed by atoms with Gasteiger partial charge in [0.25, 0.3) is 0 Å². The fourth-order valence-electron chi connectivity index (χ4n) is 3.21. The van der Waals surface area contributed by atoms with Gasteiger partial charge >= 0.3 is 0 Å². The number of rotatable bonds is 9. The molecule has 6 nitrogen and oxygen atoms in total. The Labute approximate surface area is 164 Å². The number of guanidine groups is 1. The maximum absolute atomic E-state index is 10.5. The van der Waals surface area contributed by atoms with Crippen LogP contribution in [0.3, 0.4) is 0 Å². The van der Waals surface area contributed by atoms with E-state index < -0.39 is 6.10 Å². The van der Waals surface area contributed by atoms with Crippen LogP contribution in [0.2, 0.25) is 0 Å². The van der Waals surface area contributed by atoms with Crippen LogP contribution in [0.15, 0.2) is 29.3 Å². The third kappa shape index (κ3) is 8.18. The van der Waals surface area contributed by atoms with E-state index in [1.807, 2.05) is 45.0 Å². The number of hydrogen-bond donors (Lipinski definition) is 3. The summed E-state index contributed by atoms with van der Waals surface area (Å²) in [7, 11) is 0. The van der Waals surface area contributed by atoms with E-state index in [1.165, 1.54) is 32.4 Å². The van der Waals surface area contributed by atoms with Crippen molar-refractivity contribution in [3.8, 4) is 5.75 Å². The van der Waals surface area contributed by atoms with Crippen LogP contribution in [0, 0.1) is 0 Å². The second-order valence-electron chi connectivity index (χ2n) is 7.30. The van der Waals surface area contributed by atoms with Crippen LogP contribution in [0.1, 0.15) is 51.7 Å². The molecule has 152 valence electrons. The third-order valence-corrected chi connectivity index (χ3v) is 4.55. The van der Waals surface area contributed by atoms with Crippen molar-refractivity contribution >= 4 is 5.96 Å². The molecule has 0 amide bonds. The zero-order valence-electron chi connectivity index (χ0n) is 17.1. The molecular formula is C21H36N4O2. The number of nitrogens with zero attached hydrogens (tertiary/aromatic N) is 2. The molecule has 6 heteroatoms. The number of aliphatic imine (C=N–C) groups is 1. The molecule has 1 saturated heterocycles. The number of aliphatic hydroxyl groups is 1. The summed E-state index contributed by atoms with van der Waals surface area (Å²) in [6.45, 7) is 11.4. The van der Waals surface area contributed by atoms with E-state index >= 15 is 0 Å². The molecule has 0 saturated carbocycles. The topological polar surface area (TPSA) is 69.1 Å². The first-order valence-electron chi connectivity index (χ1n) is 10.3. The number of benzene rings is 1. The summed E-state index contributed by atoms with van der Waals surface area (Å²) in [5, 5.41) is 17.1. The molecule has 3 N–H and O–H groups in total. The van der Waals surface area contributed by atoms with Crippen molar-refractivity contribution in [2.24, 2.45) is 4.99 Å². The molecule has 1 aliphatic heterocycles. The van der Waals surface area contributed by atoms with Gasteiger partial charge in [-0.05, 0) is 64.4 Å². The standard InChI is InChI=1S/C21H36N4O2/c1-4-22-21(23-11-14-25-12-6-5-7-13-25)24-16-20(26)18-9-8-10-19(15-18)27-17(2)3/h8-10,15,17,20,26H,4-7,11-14,16H2,1-3H3,(H2,22,23,24). The average Bonchev–Trinajstić information content (AvgIpc) is 2.66. The van der Waals surface area contributed by atoms with E-state index in [4.69, 9.17) is 4.74 Å². The van der Waals surface area contributed by atoms with E-state index in [9.17, 15) is 5.11 Å². The summed E-state index contributed by atoms with van der Waals surface area (Å²) in [5.74, 6) is 1.53. The molecule has 0 bridgehead atoms. The number of ether oxygens (including phenoxy) is 1. The van der Waals surface area contributed by atoms with Gasteiger partial charge < -0.3 is 25.4 Å². The van der Waals surface area contributed by atoms with Crippen LogP contribution in [-0.2, 0) is 0 Å². The van der Waals surface area contributed by atoms with Crippen LogP contribution in [0.5, 0.6) is 5.75 Å². The molecule has 27 heavy (non-hydrogen) atoms. The molecule has 1 heterocycles. The first-order valence-corrected chi connectivity index (χ1v) is 10.3. The lowest BCUT2D eigenvalue weighted by molar-refractivity contribution is 0.185. The maximum atomic E-state index is 10.5. The summed E-state index contributed by atoms with van der Waals surface area (Å²) in [6.07, 6.45) is 3.42. The number of hydrogen-bond acceptors (Lipinski definition) is 4. The van der Waals surface area contributed by atoms with Gasteiger partial charge in [-0.1, -0.05) is 18.6 Å². The highest BCUT2D eigenvalue weighted by atomic mass is 16.5. The molecule has 1 unspecified atom stereocenters. The molecule has 1 fully saturated rings. The SMILES string of the molecule is CCNC(=NCC(O)c1cccc(OC(C)C)c1)NCCN1CCCCC1. The van der Waals surface area contributed by atoms with Crippen molar-refractivity contribution in [2.45, 2.75) is 52.2 Å². The number of nitrogens with one attached hydrogen (secondary N) is 2. The number of piperidine rings is 1. The predicted octanol–water partition coefficient (Wildman–Crippen LogP) is 2.55. The molecule has 0 aliphatic carbocycles. The van der Waals surface area contributed by atoms with Crippen molar-refractivity contribution < 1.29 is 9.84 Å². The molecule has 1 aliphatic rings. The Morgan fingerprint density at radius 3 is 2.70 bits per heavy atom. The Morgan fingerprint density at radius 2 is 2.00 bits per heavy atom. The van der Waals surface area contributed by atoms with Gasteiger partial charge in [-0.25, -0.2) is 0 Å². The zero-order valence-corrected chi connectivity index (χ0v) is 17.1. The summed E-state index contributed by atoms with van der Waals surface area (Å²) >= 11 is 0. The minimum Gasteiger partial charge on any atom is -0.491 e. The minimum absolute atomic E-state index is 0.111. The van der Waals surface area contributed by atoms with Gasteiger partial charge in [0.05, 0.1) is 18.8 Å². The molecule has 1 aromatic rings. The largest absolute Gasteiger partial charge is 0.491 e. The molecule has 2 rings (SSSR count). The van der Waals surface area contributed by atoms with Crippen LogP contribution < -0.4 is 15.4 Å².